The number of imide groups is 1. The molecule has 2 atom stereocenters. The minimum atomic E-state index is -0.888. The van der Waals surface area contributed by atoms with Crippen LogP contribution in [0.4, 0.5) is 5.82 Å². The molecule has 3 rings (SSSR count). The van der Waals surface area contributed by atoms with E-state index in [-0.39, 0.29) is 35.6 Å². The standard InChI is InChI=1S/C27H35N5O5S2/c1-5-6-13-22-28-15-23(31(22)4)29-24(34)20(16-38)30(3)27(37)21(39-17(2)33)12-9-14-32-25(35)18-10-7-8-11-19(18)26(32)36/h7-8,10-11,15,20-21,38H,5-6,9,12-14,16H2,1-4H3,(H,29,34)/t20-,21+/m1/s1. The molecule has 0 spiro atoms. The van der Waals surface area contributed by atoms with Gasteiger partial charge in [0.2, 0.25) is 11.8 Å². The van der Waals surface area contributed by atoms with Crippen molar-refractivity contribution >= 4 is 59.0 Å². The Balaban J connectivity index is 1.64. The van der Waals surface area contributed by atoms with Crippen LogP contribution >= 0.6 is 24.4 Å². The summed E-state index contributed by atoms with van der Waals surface area (Å²) in [6.07, 6.45) is 4.96. The molecule has 2 aromatic rings. The van der Waals surface area contributed by atoms with Crippen LogP contribution in [0.5, 0.6) is 0 Å². The topological polar surface area (TPSA) is 122 Å². The first-order valence-corrected chi connectivity index (χ1v) is 14.4. The highest BCUT2D eigenvalue weighted by molar-refractivity contribution is 8.14. The first-order valence-electron chi connectivity index (χ1n) is 12.9. The summed E-state index contributed by atoms with van der Waals surface area (Å²) in [6, 6.07) is 5.75. The normalized spacial score (nSPS) is 14.2. The third-order valence-electron chi connectivity index (χ3n) is 6.69. The van der Waals surface area contributed by atoms with Gasteiger partial charge in [0.15, 0.2) is 5.12 Å². The molecule has 1 aromatic heterocycles. The van der Waals surface area contributed by atoms with Gasteiger partial charge < -0.3 is 14.8 Å². The molecule has 2 heterocycles. The average Bonchev–Trinajstić information content (AvgIpc) is 3.37. The molecule has 0 unspecified atom stereocenters. The van der Waals surface area contributed by atoms with Crippen LogP contribution in [0.1, 0.15) is 66.1 Å². The zero-order valence-corrected chi connectivity index (χ0v) is 24.4. The van der Waals surface area contributed by atoms with Crippen LogP contribution in [0.3, 0.4) is 0 Å². The number of anilines is 1. The monoisotopic (exact) mass is 573 g/mol. The van der Waals surface area contributed by atoms with Gasteiger partial charge in [0, 0.05) is 39.7 Å². The second-order valence-electron chi connectivity index (χ2n) is 9.41. The highest BCUT2D eigenvalue weighted by Gasteiger charge is 2.36. The van der Waals surface area contributed by atoms with Crippen molar-refractivity contribution in [3.8, 4) is 0 Å². The number of nitrogens with zero attached hydrogens (tertiary/aromatic N) is 4. The van der Waals surface area contributed by atoms with Gasteiger partial charge in [-0.05, 0) is 31.4 Å². The molecule has 1 N–H and O–H groups in total. The van der Waals surface area contributed by atoms with Crippen LogP contribution in [0, 0.1) is 0 Å². The van der Waals surface area contributed by atoms with E-state index >= 15 is 0 Å². The van der Waals surface area contributed by atoms with Gasteiger partial charge in [-0.25, -0.2) is 4.98 Å². The molecule has 0 fully saturated rings. The van der Waals surface area contributed by atoms with Crippen molar-refractivity contribution < 1.29 is 24.0 Å². The largest absolute Gasteiger partial charge is 0.332 e. The second-order valence-corrected chi connectivity index (χ2v) is 11.2. The van der Waals surface area contributed by atoms with E-state index in [1.807, 2.05) is 11.6 Å². The number of likely N-dealkylation sites (N-methyl/N-ethyl adjacent to an activating group) is 1. The average molecular weight is 574 g/mol. The Kier molecular flexibility index (Phi) is 10.8. The number of fused-ring (bicyclic) bond motifs is 1. The van der Waals surface area contributed by atoms with Crippen LogP contribution in [0.25, 0.3) is 0 Å². The number of carbonyl (C=O) groups excluding carboxylic acids is 5. The summed E-state index contributed by atoms with van der Waals surface area (Å²) >= 11 is 5.19. The number of hydrogen-bond donors (Lipinski definition) is 2. The van der Waals surface area contributed by atoms with E-state index in [1.54, 1.807) is 30.5 Å². The Morgan fingerprint density at radius 1 is 1.13 bits per heavy atom. The van der Waals surface area contributed by atoms with Gasteiger partial charge in [-0.3, -0.25) is 28.9 Å². The second kappa shape index (κ2) is 13.8. The molecule has 1 aromatic carbocycles. The van der Waals surface area contributed by atoms with Crippen molar-refractivity contribution in [2.45, 2.75) is 57.2 Å². The van der Waals surface area contributed by atoms with Crippen LogP contribution < -0.4 is 5.32 Å². The molecular formula is C27H35N5O5S2. The van der Waals surface area contributed by atoms with Crippen LogP contribution in [0.15, 0.2) is 30.5 Å². The fourth-order valence-electron chi connectivity index (χ4n) is 4.41. The minimum absolute atomic E-state index is 0.0706. The van der Waals surface area contributed by atoms with Crippen LogP contribution in [-0.4, -0.2) is 78.7 Å². The summed E-state index contributed by atoms with van der Waals surface area (Å²) < 4.78 is 1.82. The number of amides is 4. The first kappa shape index (κ1) is 30.4. The number of thioether (sulfide) groups is 1. The lowest BCUT2D eigenvalue weighted by Crippen LogP contribution is -2.49. The number of imidazole rings is 1. The lowest BCUT2D eigenvalue weighted by molar-refractivity contribution is -0.136. The van der Waals surface area contributed by atoms with Crippen molar-refractivity contribution in [1.82, 2.24) is 19.4 Å². The number of aryl methyl sites for hydroxylation is 1. The van der Waals surface area contributed by atoms with E-state index in [2.05, 4.69) is 29.9 Å². The Labute approximate surface area is 238 Å². The predicted molar refractivity (Wildman–Crippen MR) is 154 cm³/mol. The van der Waals surface area contributed by atoms with Crippen molar-refractivity contribution in [3.63, 3.8) is 0 Å². The number of hydrogen-bond acceptors (Lipinski definition) is 8. The highest BCUT2D eigenvalue weighted by atomic mass is 32.2. The molecule has 4 amide bonds. The van der Waals surface area contributed by atoms with Gasteiger partial charge in [0.1, 0.15) is 17.7 Å². The number of aromatic nitrogens is 2. The van der Waals surface area contributed by atoms with E-state index < -0.39 is 23.1 Å². The molecule has 1 aliphatic rings. The van der Waals surface area contributed by atoms with Crippen LogP contribution in [-0.2, 0) is 27.9 Å². The molecule has 0 aliphatic carbocycles. The third kappa shape index (κ3) is 7.10. The van der Waals surface area contributed by atoms with E-state index in [9.17, 15) is 24.0 Å². The lowest BCUT2D eigenvalue weighted by atomic mass is 10.1. The molecule has 0 radical (unpaired) electrons. The predicted octanol–water partition coefficient (Wildman–Crippen LogP) is 3.18. The van der Waals surface area contributed by atoms with Crippen molar-refractivity contribution in [3.05, 3.63) is 47.4 Å². The fourth-order valence-corrected chi connectivity index (χ4v) is 5.78. The summed E-state index contributed by atoms with van der Waals surface area (Å²) in [4.78, 5) is 70.7. The van der Waals surface area contributed by atoms with Gasteiger partial charge in [0.25, 0.3) is 11.8 Å². The zero-order chi connectivity index (χ0) is 28.7. The molecule has 0 saturated carbocycles. The minimum Gasteiger partial charge on any atom is -0.332 e. The number of benzene rings is 1. The van der Waals surface area contributed by atoms with Gasteiger partial charge in [-0.1, -0.05) is 37.2 Å². The smallest absolute Gasteiger partial charge is 0.261 e. The summed E-state index contributed by atoms with van der Waals surface area (Å²) in [5.41, 5.74) is 0.725. The molecule has 39 heavy (non-hydrogen) atoms. The third-order valence-corrected chi connectivity index (χ3v) is 8.09. The summed E-state index contributed by atoms with van der Waals surface area (Å²) in [5.74, 6) is -0.0984. The Hall–Kier alpha value is -3.12. The molecule has 1 aliphatic heterocycles. The van der Waals surface area contributed by atoms with Crippen molar-refractivity contribution in [1.29, 1.82) is 0 Å². The van der Waals surface area contributed by atoms with Gasteiger partial charge >= 0.3 is 0 Å². The summed E-state index contributed by atoms with van der Waals surface area (Å²) in [6.45, 7) is 3.59. The molecular weight excluding hydrogens is 538 g/mol. The molecule has 10 nitrogen and oxygen atoms in total. The van der Waals surface area contributed by atoms with Crippen molar-refractivity contribution in [2.24, 2.45) is 7.05 Å². The fraction of sp³-hybridized carbons (Fsp3) is 0.481. The molecule has 12 heteroatoms. The summed E-state index contributed by atoms with van der Waals surface area (Å²) in [7, 11) is 3.34. The van der Waals surface area contributed by atoms with E-state index in [0.29, 0.717) is 23.4 Å². The number of rotatable bonds is 13. The Bertz CT molecular complexity index is 1210. The van der Waals surface area contributed by atoms with Crippen LogP contribution in [0.2, 0.25) is 0 Å². The van der Waals surface area contributed by atoms with Crippen molar-refractivity contribution in [2.75, 3.05) is 24.7 Å². The number of nitrogens with one attached hydrogen (secondary N) is 1. The maximum atomic E-state index is 13.4. The summed E-state index contributed by atoms with van der Waals surface area (Å²) in [5, 5.41) is 1.81. The first-order chi connectivity index (χ1) is 18.6. The maximum absolute atomic E-state index is 13.4. The quantitative estimate of drug-likeness (QED) is 0.279. The maximum Gasteiger partial charge on any atom is 0.261 e. The number of carbonyl (C=O) groups is 5. The molecule has 210 valence electrons. The van der Waals surface area contributed by atoms with Gasteiger partial charge in [0.05, 0.1) is 22.6 Å². The Morgan fingerprint density at radius 3 is 2.33 bits per heavy atom. The van der Waals surface area contributed by atoms with Gasteiger partial charge in [-0.2, -0.15) is 12.6 Å². The number of thiol groups is 1. The van der Waals surface area contributed by atoms with Gasteiger partial charge in [-0.15, -0.1) is 0 Å². The Morgan fingerprint density at radius 2 is 1.77 bits per heavy atom. The lowest BCUT2D eigenvalue weighted by Gasteiger charge is -2.29. The number of unbranched alkanes of at least 4 members (excludes halogenated alkanes) is 1. The van der Waals surface area contributed by atoms with E-state index in [4.69, 9.17) is 0 Å². The molecule has 0 bridgehead atoms. The molecule has 0 saturated heterocycles. The SMILES string of the molecule is CCCCc1ncc(NC(=O)[C@@H](CS)N(C)C(=O)[C@H](CCCN2C(=O)c3ccccc3C2=O)SC(C)=O)n1C. The zero-order valence-electron chi connectivity index (χ0n) is 22.7. The van der Waals surface area contributed by atoms with E-state index in [1.165, 1.54) is 23.8 Å². The van der Waals surface area contributed by atoms with E-state index in [0.717, 1.165) is 36.8 Å². The highest BCUT2D eigenvalue weighted by Crippen LogP contribution is 2.25.